The summed E-state index contributed by atoms with van der Waals surface area (Å²) in [5.41, 5.74) is 1.03. The number of hydrogen-bond acceptors (Lipinski definition) is 8. The Kier molecular flexibility index (Phi) is 7.23. The Labute approximate surface area is 228 Å². The Morgan fingerprint density at radius 3 is 2.61 bits per heavy atom. The monoisotopic (exact) mass is 595 g/mol. The number of halogens is 2. The lowest BCUT2D eigenvalue weighted by molar-refractivity contribution is -0.384. The summed E-state index contributed by atoms with van der Waals surface area (Å²) in [6.45, 7) is 0.337. The summed E-state index contributed by atoms with van der Waals surface area (Å²) in [7, 11) is 0. The highest BCUT2D eigenvalue weighted by Gasteiger charge is 2.25. The quantitative estimate of drug-likeness (QED) is 0.130. The third-order valence-corrected chi connectivity index (χ3v) is 6.69. The lowest BCUT2D eigenvalue weighted by atomic mass is 10.0. The molecule has 0 spiro atoms. The maximum atomic E-state index is 13.7. The molecule has 0 fully saturated rings. The van der Waals surface area contributed by atoms with E-state index in [9.17, 15) is 14.9 Å². The Morgan fingerprint density at radius 2 is 1.89 bits per heavy atom. The van der Waals surface area contributed by atoms with Gasteiger partial charge in [-0.05, 0) is 36.8 Å². The van der Waals surface area contributed by atoms with Crippen LogP contribution in [0.5, 0.6) is 0 Å². The smallest absolute Gasteiger partial charge is 0.296 e. The van der Waals surface area contributed by atoms with Crippen molar-refractivity contribution < 1.29 is 14.4 Å². The van der Waals surface area contributed by atoms with Gasteiger partial charge < -0.3 is 14.8 Å². The van der Waals surface area contributed by atoms with Crippen LogP contribution in [0.4, 0.5) is 11.4 Å². The number of rotatable bonds is 8. The highest BCUT2D eigenvalue weighted by Crippen LogP contribution is 2.37. The largest absolute Gasteiger partial charge is 0.444 e. The highest BCUT2D eigenvalue weighted by atomic mass is 79.9. The van der Waals surface area contributed by atoms with Gasteiger partial charge in [-0.2, -0.15) is 9.78 Å². The van der Waals surface area contributed by atoms with E-state index in [1.807, 2.05) is 18.2 Å². The Balaban J connectivity index is 1.80. The molecule has 3 aromatic carbocycles. The predicted molar refractivity (Wildman–Crippen MR) is 148 cm³/mol. The number of nitrogens with zero attached hydrogens (tertiary/aromatic N) is 4. The predicted octanol–water partition coefficient (Wildman–Crippen LogP) is 5.83. The summed E-state index contributed by atoms with van der Waals surface area (Å²) in [5.74, 6) is 0.533. The molecule has 0 aliphatic heterocycles. The second-order valence-electron chi connectivity index (χ2n) is 8.26. The van der Waals surface area contributed by atoms with Gasteiger partial charge in [0.2, 0.25) is 0 Å². The molecule has 0 aliphatic carbocycles. The minimum Gasteiger partial charge on any atom is -0.444 e. The SMILES string of the molecule is O=c1c2ccccc2c(-c2cc(Br)cc(-c3cnco3)c2)nn1-c1c([N+](=O)[O-])ccc(NCCCO)c1Cl. The number of nitro benzene ring substituents is 1. The van der Waals surface area contributed by atoms with E-state index in [-0.39, 0.29) is 23.0 Å². The first-order valence-corrected chi connectivity index (χ1v) is 12.6. The molecule has 5 aromatic rings. The number of anilines is 1. The first-order chi connectivity index (χ1) is 18.4. The minimum atomic E-state index is -0.608. The molecule has 2 aromatic heterocycles. The van der Waals surface area contributed by atoms with Gasteiger partial charge in [0.15, 0.2) is 17.8 Å². The molecular weight excluding hydrogens is 578 g/mol. The van der Waals surface area contributed by atoms with Crippen LogP contribution in [-0.4, -0.2) is 37.9 Å². The van der Waals surface area contributed by atoms with E-state index in [1.165, 1.54) is 18.5 Å². The van der Waals surface area contributed by atoms with Crippen LogP contribution >= 0.6 is 27.5 Å². The van der Waals surface area contributed by atoms with Crippen LogP contribution in [0, 0.1) is 10.1 Å². The summed E-state index contributed by atoms with van der Waals surface area (Å²) in [4.78, 5) is 29.0. The zero-order valence-electron chi connectivity index (χ0n) is 19.6. The summed E-state index contributed by atoms with van der Waals surface area (Å²) in [5, 5.41) is 29.6. The fraction of sp³-hybridized carbons (Fsp3) is 0.115. The number of oxazole rings is 1. The average molecular weight is 597 g/mol. The number of aliphatic hydroxyl groups excluding tert-OH is 1. The van der Waals surface area contributed by atoms with Crippen molar-refractivity contribution in [3.8, 4) is 28.3 Å². The van der Waals surface area contributed by atoms with Gasteiger partial charge in [0.05, 0.1) is 32.9 Å². The van der Waals surface area contributed by atoms with E-state index < -0.39 is 10.5 Å². The van der Waals surface area contributed by atoms with Crippen LogP contribution in [0.1, 0.15) is 6.42 Å². The molecule has 5 rings (SSSR count). The van der Waals surface area contributed by atoms with Crippen molar-refractivity contribution in [1.29, 1.82) is 0 Å². The van der Waals surface area contributed by atoms with Crippen molar-refractivity contribution in [3.05, 3.63) is 97.2 Å². The molecule has 0 bridgehead atoms. The maximum absolute atomic E-state index is 13.7. The van der Waals surface area contributed by atoms with Gasteiger partial charge in [-0.3, -0.25) is 14.9 Å². The van der Waals surface area contributed by atoms with Gasteiger partial charge in [0.1, 0.15) is 0 Å². The van der Waals surface area contributed by atoms with E-state index in [2.05, 4.69) is 31.3 Å². The molecular formula is C26H19BrClN5O5. The summed E-state index contributed by atoms with van der Waals surface area (Å²) in [6.07, 6.45) is 3.35. The topological polar surface area (TPSA) is 136 Å². The van der Waals surface area contributed by atoms with Crippen LogP contribution in [0.2, 0.25) is 5.02 Å². The Hall–Kier alpha value is -4.06. The zero-order chi connectivity index (χ0) is 26.8. The second kappa shape index (κ2) is 10.7. The van der Waals surface area contributed by atoms with Crippen LogP contribution in [0.15, 0.2) is 80.9 Å². The van der Waals surface area contributed by atoms with Gasteiger partial charge in [0.25, 0.3) is 11.2 Å². The molecule has 2 heterocycles. The number of nitrogens with one attached hydrogen (secondary N) is 1. The molecule has 0 amide bonds. The van der Waals surface area contributed by atoms with Crippen molar-refractivity contribution in [1.82, 2.24) is 14.8 Å². The number of aliphatic hydroxyl groups is 1. The molecule has 192 valence electrons. The highest BCUT2D eigenvalue weighted by molar-refractivity contribution is 9.10. The number of benzene rings is 3. The van der Waals surface area contributed by atoms with Crippen molar-refractivity contribution >= 4 is 49.7 Å². The second-order valence-corrected chi connectivity index (χ2v) is 9.55. The third-order valence-electron chi connectivity index (χ3n) is 5.85. The van der Waals surface area contributed by atoms with Crippen molar-refractivity contribution in [2.75, 3.05) is 18.5 Å². The van der Waals surface area contributed by atoms with Gasteiger partial charge in [0, 0.05) is 40.2 Å². The fourth-order valence-electron chi connectivity index (χ4n) is 4.12. The third kappa shape index (κ3) is 4.78. The summed E-state index contributed by atoms with van der Waals surface area (Å²) >= 11 is 10.2. The van der Waals surface area contributed by atoms with Crippen molar-refractivity contribution in [2.24, 2.45) is 0 Å². The molecule has 0 saturated heterocycles. The molecule has 38 heavy (non-hydrogen) atoms. The lowest BCUT2D eigenvalue weighted by Gasteiger charge is -2.15. The molecule has 0 aliphatic rings. The van der Waals surface area contributed by atoms with Crippen molar-refractivity contribution in [3.63, 3.8) is 0 Å². The maximum Gasteiger partial charge on any atom is 0.296 e. The standard InChI is InChI=1S/C26H19BrClN5O5/c27-17-11-15(22-13-29-14-38-22)10-16(12-17)24-18-4-1-2-5-19(18)26(35)32(31-24)25-21(33(36)37)7-6-20(23(25)28)30-8-3-9-34/h1-2,4-7,10-14,30,34H,3,8-9H2. The van der Waals surface area contributed by atoms with Crippen LogP contribution < -0.4 is 10.9 Å². The molecule has 2 N–H and O–H groups in total. The summed E-state index contributed by atoms with van der Waals surface area (Å²) in [6, 6.07) is 15.1. The van der Waals surface area contributed by atoms with Gasteiger partial charge >= 0.3 is 0 Å². The molecule has 0 unspecified atom stereocenters. The van der Waals surface area contributed by atoms with E-state index in [0.29, 0.717) is 46.4 Å². The normalized spacial score (nSPS) is 11.1. The number of nitro groups is 1. The Morgan fingerprint density at radius 1 is 1.13 bits per heavy atom. The first kappa shape index (κ1) is 25.6. The summed E-state index contributed by atoms with van der Waals surface area (Å²) < 4.78 is 7.16. The average Bonchev–Trinajstić information content (AvgIpc) is 3.45. The number of aromatic nitrogens is 3. The first-order valence-electron chi connectivity index (χ1n) is 11.4. The molecule has 0 radical (unpaired) electrons. The van der Waals surface area contributed by atoms with Crippen molar-refractivity contribution in [2.45, 2.75) is 6.42 Å². The van der Waals surface area contributed by atoms with Crippen LogP contribution in [-0.2, 0) is 0 Å². The van der Waals surface area contributed by atoms with E-state index in [4.69, 9.17) is 21.1 Å². The fourth-order valence-corrected chi connectivity index (χ4v) is 4.92. The zero-order valence-corrected chi connectivity index (χ0v) is 21.9. The molecule has 0 atom stereocenters. The van der Waals surface area contributed by atoms with Crippen LogP contribution in [0.3, 0.4) is 0 Å². The van der Waals surface area contributed by atoms with Crippen LogP contribution in [0.25, 0.3) is 39.0 Å². The van der Waals surface area contributed by atoms with Gasteiger partial charge in [-0.15, -0.1) is 0 Å². The number of hydrogen-bond donors (Lipinski definition) is 2. The van der Waals surface area contributed by atoms with E-state index in [1.54, 1.807) is 30.5 Å². The van der Waals surface area contributed by atoms with Gasteiger partial charge in [-0.25, -0.2) is 4.98 Å². The lowest BCUT2D eigenvalue weighted by Crippen LogP contribution is -2.24. The minimum absolute atomic E-state index is 0.0374. The number of fused-ring (bicyclic) bond motifs is 1. The van der Waals surface area contributed by atoms with Gasteiger partial charge in [-0.1, -0.05) is 45.7 Å². The van der Waals surface area contributed by atoms with E-state index in [0.717, 1.165) is 14.7 Å². The Bertz CT molecular complexity index is 1720. The molecule has 0 saturated carbocycles. The molecule has 10 nitrogen and oxygen atoms in total. The molecule has 12 heteroatoms. The van der Waals surface area contributed by atoms with E-state index >= 15 is 0 Å².